The maximum absolute atomic E-state index is 11.1. The molecule has 0 atom stereocenters. The standard InChI is InChI=1S/C20H20O3S4.Na.H/c21-27(22,23)17-13-11-15(12-14-17)7-3-1-6-10-18-19(25-26-20(18)24)16-8-4-2-5-9-16;;/h2,4-5,8-9,11-14H,1,3,6-7,10H2,(H,21,22,23);;/q;+1;-1. The van der Waals surface area contributed by atoms with Crippen molar-refractivity contribution in [1.82, 2.24) is 0 Å². The van der Waals surface area contributed by atoms with Gasteiger partial charge in [-0.05, 0) is 54.5 Å². The first-order valence-corrected chi connectivity index (χ1v) is 12.7. The van der Waals surface area contributed by atoms with Crippen LogP contribution in [0.2, 0.25) is 0 Å². The summed E-state index contributed by atoms with van der Waals surface area (Å²) >= 11 is 5.53. The van der Waals surface area contributed by atoms with E-state index in [1.807, 2.05) is 6.07 Å². The normalized spacial score (nSPS) is 11.2. The van der Waals surface area contributed by atoms with Crippen molar-refractivity contribution < 1.29 is 44.0 Å². The molecule has 0 saturated carbocycles. The van der Waals surface area contributed by atoms with Crippen molar-refractivity contribution in [3.63, 3.8) is 0 Å². The third-order valence-corrected chi connectivity index (χ3v) is 8.43. The van der Waals surface area contributed by atoms with E-state index >= 15 is 0 Å². The van der Waals surface area contributed by atoms with Gasteiger partial charge in [-0.3, -0.25) is 4.55 Å². The minimum Gasteiger partial charge on any atom is -1.00 e. The van der Waals surface area contributed by atoms with Gasteiger partial charge in [0.05, 0.1) is 9.77 Å². The van der Waals surface area contributed by atoms with Gasteiger partial charge in [0, 0.05) is 0 Å². The fourth-order valence-corrected chi connectivity index (χ4v) is 6.43. The van der Waals surface area contributed by atoms with Gasteiger partial charge >= 0.3 is 29.6 Å². The molecule has 8 heteroatoms. The minimum atomic E-state index is -4.11. The van der Waals surface area contributed by atoms with E-state index < -0.39 is 10.1 Å². The Bertz CT molecular complexity index is 1050. The van der Waals surface area contributed by atoms with E-state index in [1.165, 1.54) is 28.1 Å². The molecule has 0 aliphatic heterocycles. The molecule has 28 heavy (non-hydrogen) atoms. The molecule has 0 bridgehead atoms. The molecular formula is C20H21NaO3S4. The Morgan fingerprint density at radius 2 is 1.54 bits per heavy atom. The Balaban J connectivity index is 0.00000210. The molecule has 2 aromatic carbocycles. The summed E-state index contributed by atoms with van der Waals surface area (Å²) < 4.78 is 32.1. The number of benzene rings is 2. The van der Waals surface area contributed by atoms with Crippen LogP contribution in [0.5, 0.6) is 0 Å². The maximum Gasteiger partial charge on any atom is 1.00 e. The van der Waals surface area contributed by atoms with E-state index in [0.717, 1.165) is 41.5 Å². The smallest absolute Gasteiger partial charge is 1.00 e. The molecule has 1 heterocycles. The van der Waals surface area contributed by atoms with Gasteiger partial charge in [0.25, 0.3) is 10.1 Å². The van der Waals surface area contributed by atoms with Crippen LogP contribution in [0.3, 0.4) is 0 Å². The molecule has 3 nitrogen and oxygen atoms in total. The van der Waals surface area contributed by atoms with Gasteiger partial charge in [0.1, 0.15) is 3.82 Å². The van der Waals surface area contributed by atoms with Gasteiger partial charge in [-0.1, -0.05) is 81.8 Å². The summed E-state index contributed by atoms with van der Waals surface area (Å²) in [5.74, 6) is 0. The van der Waals surface area contributed by atoms with E-state index in [9.17, 15) is 8.42 Å². The Morgan fingerprint density at radius 1 is 0.893 bits per heavy atom. The molecule has 1 N–H and O–H groups in total. The third kappa shape index (κ3) is 6.57. The quantitative estimate of drug-likeness (QED) is 0.184. The summed E-state index contributed by atoms with van der Waals surface area (Å²) in [5, 5.41) is 0. The molecule has 144 valence electrons. The molecule has 1 aromatic heterocycles. The van der Waals surface area contributed by atoms with Gasteiger partial charge in [0.15, 0.2) is 0 Å². The van der Waals surface area contributed by atoms with Crippen molar-refractivity contribution in [2.75, 3.05) is 0 Å². The summed E-state index contributed by atoms with van der Waals surface area (Å²) in [7, 11) is -0.675. The summed E-state index contributed by atoms with van der Waals surface area (Å²) in [6, 6.07) is 16.8. The van der Waals surface area contributed by atoms with Crippen LogP contribution >= 0.6 is 32.9 Å². The van der Waals surface area contributed by atoms with E-state index in [2.05, 4.69) is 24.3 Å². The van der Waals surface area contributed by atoms with Crippen LogP contribution < -0.4 is 29.6 Å². The number of hydrogen-bond donors (Lipinski definition) is 1. The summed E-state index contributed by atoms with van der Waals surface area (Å²) in [5.41, 5.74) is 3.61. The molecule has 0 fully saturated rings. The Labute approximate surface area is 202 Å². The Morgan fingerprint density at radius 3 is 2.18 bits per heavy atom. The van der Waals surface area contributed by atoms with Crippen LogP contribution in [0.1, 0.15) is 31.8 Å². The second kappa shape index (κ2) is 11.1. The zero-order valence-corrected chi connectivity index (χ0v) is 20.9. The van der Waals surface area contributed by atoms with E-state index in [-0.39, 0.29) is 35.9 Å². The SMILES string of the molecule is O=S(=O)(O)c1ccc(CCCCCc2c(-c3ccccc3)ssc2=S)cc1.[H-].[Na+]. The molecule has 0 amide bonds. The van der Waals surface area contributed by atoms with Crippen molar-refractivity contribution in [3.8, 4) is 10.4 Å². The minimum absolute atomic E-state index is 0. The monoisotopic (exact) mass is 460 g/mol. The van der Waals surface area contributed by atoms with Crippen LogP contribution in [0, 0.1) is 3.82 Å². The molecule has 3 rings (SSSR count). The predicted octanol–water partition coefficient (Wildman–Crippen LogP) is 3.52. The third-order valence-electron chi connectivity index (χ3n) is 4.37. The fourth-order valence-electron chi connectivity index (χ4n) is 2.94. The average molecular weight is 461 g/mol. The number of aryl methyl sites for hydroxylation is 1. The van der Waals surface area contributed by atoms with Crippen LogP contribution in [0.25, 0.3) is 10.4 Å². The van der Waals surface area contributed by atoms with Crippen molar-refractivity contribution in [2.24, 2.45) is 0 Å². The first-order valence-electron chi connectivity index (χ1n) is 8.69. The largest absolute Gasteiger partial charge is 1.00 e. The first kappa shape index (κ1) is 23.9. The zero-order valence-electron chi connectivity index (χ0n) is 16.6. The van der Waals surface area contributed by atoms with Crippen LogP contribution in [-0.4, -0.2) is 13.0 Å². The molecule has 3 aromatic rings. The molecular weight excluding hydrogens is 439 g/mol. The number of hydrogen-bond acceptors (Lipinski definition) is 5. The van der Waals surface area contributed by atoms with Gasteiger partial charge < -0.3 is 1.43 Å². The summed E-state index contributed by atoms with van der Waals surface area (Å²) in [4.78, 5) is 1.24. The van der Waals surface area contributed by atoms with Crippen molar-refractivity contribution in [1.29, 1.82) is 0 Å². The van der Waals surface area contributed by atoms with E-state index in [1.54, 1.807) is 32.8 Å². The molecule has 0 radical (unpaired) electrons. The summed E-state index contributed by atoms with van der Waals surface area (Å²) in [6.07, 6.45) is 5.08. The van der Waals surface area contributed by atoms with Gasteiger partial charge in [-0.25, -0.2) is 0 Å². The van der Waals surface area contributed by atoms with E-state index in [4.69, 9.17) is 16.8 Å². The first-order chi connectivity index (χ1) is 12.9. The summed E-state index contributed by atoms with van der Waals surface area (Å²) in [6.45, 7) is 0. The number of rotatable bonds is 8. The predicted molar refractivity (Wildman–Crippen MR) is 117 cm³/mol. The second-order valence-corrected chi connectivity index (χ2v) is 10.5. The Hall–Kier alpha value is -0.380. The van der Waals surface area contributed by atoms with Gasteiger partial charge in [0.2, 0.25) is 0 Å². The molecule has 0 aliphatic rings. The molecule has 0 saturated heterocycles. The average Bonchev–Trinajstić information content (AvgIpc) is 3.02. The van der Waals surface area contributed by atoms with Crippen LogP contribution in [-0.2, 0) is 23.0 Å². The second-order valence-electron chi connectivity index (χ2n) is 6.31. The van der Waals surface area contributed by atoms with Crippen molar-refractivity contribution in [2.45, 2.75) is 37.0 Å². The van der Waals surface area contributed by atoms with Crippen molar-refractivity contribution in [3.05, 3.63) is 69.5 Å². The molecule has 0 aliphatic carbocycles. The van der Waals surface area contributed by atoms with Gasteiger partial charge in [-0.15, -0.1) is 0 Å². The Kier molecular flexibility index (Phi) is 9.50. The van der Waals surface area contributed by atoms with Crippen LogP contribution in [0.4, 0.5) is 0 Å². The fraction of sp³-hybridized carbons (Fsp3) is 0.250. The zero-order chi connectivity index (χ0) is 19.3. The molecule has 0 unspecified atom stereocenters. The van der Waals surface area contributed by atoms with Gasteiger partial charge in [-0.2, -0.15) is 8.42 Å². The van der Waals surface area contributed by atoms with E-state index in [0.29, 0.717) is 0 Å². The number of unbranched alkanes of at least 4 members (excludes halogenated alkanes) is 2. The molecule has 0 spiro atoms. The van der Waals surface area contributed by atoms with Crippen molar-refractivity contribution >= 4 is 43.0 Å². The maximum atomic E-state index is 11.1. The van der Waals surface area contributed by atoms with Crippen LogP contribution in [0.15, 0.2) is 59.5 Å². The topological polar surface area (TPSA) is 54.4 Å².